The number of phenolic OH excluding ortho intramolecular Hbond substituents is 1. The minimum Gasteiger partial charge on any atom is -0.508 e. The second-order valence-electron chi connectivity index (χ2n) is 4.40. The second kappa shape index (κ2) is 9.26. The zero-order valence-corrected chi connectivity index (χ0v) is 11.7. The van der Waals surface area contributed by atoms with E-state index >= 15 is 0 Å². The molecule has 2 aromatic carbocycles. The number of aromatic hydroxyl groups is 1. The van der Waals surface area contributed by atoms with Gasteiger partial charge in [-0.05, 0) is 36.6 Å². The third-order valence-corrected chi connectivity index (χ3v) is 2.73. The summed E-state index contributed by atoms with van der Waals surface area (Å²) in [7, 11) is 0. The van der Waals surface area contributed by atoms with Crippen LogP contribution in [-0.4, -0.2) is 17.7 Å². The molecule has 0 aromatic heterocycles. The summed E-state index contributed by atoms with van der Waals surface area (Å²) in [6, 6.07) is 13.8. The van der Waals surface area contributed by atoms with E-state index in [-0.39, 0.29) is 5.75 Å². The first-order valence-corrected chi connectivity index (χ1v) is 6.59. The lowest BCUT2D eigenvalue weighted by Crippen LogP contribution is -1.85. The van der Waals surface area contributed by atoms with E-state index < -0.39 is 0 Å². The quantitative estimate of drug-likeness (QED) is 0.670. The van der Waals surface area contributed by atoms with Gasteiger partial charge in [0.25, 0.3) is 0 Å². The van der Waals surface area contributed by atoms with E-state index in [4.69, 9.17) is 5.11 Å². The summed E-state index contributed by atoms with van der Waals surface area (Å²) in [5.74, 6) is 0.125. The lowest BCUT2D eigenvalue weighted by atomic mass is 10.1. The molecule has 3 heteroatoms. The maximum Gasteiger partial charge on any atom is 0.150 e. The highest BCUT2D eigenvalue weighted by molar-refractivity contribution is 5.75. The molecule has 0 heterocycles. The Morgan fingerprint density at radius 3 is 2.10 bits per heavy atom. The van der Waals surface area contributed by atoms with Crippen LogP contribution in [0.25, 0.3) is 0 Å². The van der Waals surface area contributed by atoms with E-state index in [0.717, 1.165) is 24.7 Å². The summed E-state index contributed by atoms with van der Waals surface area (Å²) >= 11 is 0. The van der Waals surface area contributed by atoms with E-state index in [2.05, 4.69) is 6.58 Å². The summed E-state index contributed by atoms with van der Waals surface area (Å²) in [6.07, 6.45) is 5.37. The number of hydrogen-bond donors (Lipinski definition) is 1. The number of benzene rings is 2. The van der Waals surface area contributed by atoms with Gasteiger partial charge in [0, 0.05) is 11.1 Å². The third kappa shape index (κ3) is 6.34. The number of carbonyl (C=O) groups excluding carboxylic acids is 2. The van der Waals surface area contributed by atoms with E-state index in [0.29, 0.717) is 11.8 Å². The molecular formula is C18H18O3. The monoisotopic (exact) mass is 282 g/mol. The first kappa shape index (κ1) is 16.4. The molecule has 108 valence electrons. The molecule has 0 saturated heterocycles. The summed E-state index contributed by atoms with van der Waals surface area (Å²) < 4.78 is 0. The predicted molar refractivity (Wildman–Crippen MR) is 83.8 cm³/mol. The Bertz CT molecular complexity index is 603. The third-order valence-electron chi connectivity index (χ3n) is 2.73. The molecule has 0 aliphatic heterocycles. The van der Waals surface area contributed by atoms with E-state index in [9.17, 15) is 9.59 Å². The molecule has 0 atom stereocenters. The summed E-state index contributed by atoms with van der Waals surface area (Å²) in [4.78, 5) is 20.5. The largest absolute Gasteiger partial charge is 0.508 e. The van der Waals surface area contributed by atoms with Crippen LogP contribution in [-0.2, 0) is 6.42 Å². The van der Waals surface area contributed by atoms with Gasteiger partial charge in [-0.15, -0.1) is 6.58 Å². The minimum absolute atomic E-state index is 0.125. The number of carbonyl (C=O) groups is 2. The molecule has 2 rings (SSSR count). The molecule has 2 aromatic rings. The van der Waals surface area contributed by atoms with Crippen molar-refractivity contribution in [2.45, 2.75) is 12.8 Å². The Labute approximate surface area is 124 Å². The number of allylic oxidation sites excluding steroid dienone is 1. The topological polar surface area (TPSA) is 54.4 Å². The van der Waals surface area contributed by atoms with Crippen molar-refractivity contribution < 1.29 is 14.7 Å². The van der Waals surface area contributed by atoms with Crippen LogP contribution < -0.4 is 0 Å². The highest BCUT2D eigenvalue weighted by atomic mass is 16.3. The van der Waals surface area contributed by atoms with E-state index in [1.54, 1.807) is 12.1 Å². The SMILES string of the molecule is C=CCCc1cccc(C=O)c1.O=Cc1cccc(O)c1. The average Bonchev–Trinajstić information content (AvgIpc) is 2.53. The molecule has 0 unspecified atom stereocenters. The number of rotatable bonds is 5. The molecule has 21 heavy (non-hydrogen) atoms. The van der Waals surface area contributed by atoms with Gasteiger partial charge in [-0.25, -0.2) is 0 Å². The second-order valence-corrected chi connectivity index (χ2v) is 4.40. The first-order valence-electron chi connectivity index (χ1n) is 6.59. The smallest absolute Gasteiger partial charge is 0.150 e. The maximum atomic E-state index is 10.4. The van der Waals surface area contributed by atoms with Gasteiger partial charge in [-0.1, -0.05) is 36.4 Å². The highest BCUT2D eigenvalue weighted by Gasteiger charge is 1.92. The van der Waals surface area contributed by atoms with Crippen molar-refractivity contribution in [3.05, 3.63) is 77.9 Å². The zero-order chi connectivity index (χ0) is 15.5. The lowest BCUT2D eigenvalue weighted by molar-refractivity contribution is 0.111. The molecule has 0 spiro atoms. The van der Waals surface area contributed by atoms with Crippen molar-refractivity contribution in [2.75, 3.05) is 0 Å². The van der Waals surface area contributed by atoms with Gasteiger partial charge < -0.3 is 5.11 Å². The van der Waals surface area contributed by atoms with Crippen LogP contribution in [0, 0.1) is 0 Å². The van der Waals surface area contributed by atoms with Crippen LogP contribution in [0.4, 0.5) is 0 Å². The lowest BCUT2D eigenvalue weighted by Gasteiger charge is -1.98. The van der Waals surface area contributed by atoms with E-state index in [1.807, 2.05) is 30.3 Å². The normalized spacial score (nSPS) is 9.14. The fraction of sp³-hybridized carbons (Fsp3) is 0.111. The van der Waals surface area contributed by atoms with Crippen LogP contribution in [0.5, 0.6) is 5.75 Å². The van der Waals surface area contributed by atoms with Crippen molar-refractivity contribution >= 4 is 12.6 Å². The molecule has 3 nitrogen and oxygen atoms in total. The summed E-state index contributed by atoms with van der Waals surface area (Å²) in [5.41, 5.74) is 2.44. The Balaban J connectivity index is 0.000000219. The molecule has 0 saturated carbocycles. The van der Waals surface area contributed by atoms with Crippen LogP contribution in [0.1, 0.15) is 32.7 Å². The fourth-order valence-electron chi connectivity index (χ4n) is 1.69. The van der Waals surface area contributed by atoms with Crippen LogP contribution in [0.2, 0.25) is 0 Å². The van der Waals surface area contributed by atoms with E-state index in [1.165, 1.54) is 17.7 Å². The molecular weight excluding hydrogens is 264 g/mol. The molecule has 0 fully saturated rings. The standard InChI is InChI=1S/C11H12O.C7H6O2/c1-2-3-5-10-6-4-7-11(8-10)9-12;8-5-6-2-1-3-7(9)4-6/h2,4,6-9H,1,3,5H2;1-5,9H. The molecule has 1 N–H and O–H groups in total. The van der Waals surface area contributed by atoms with Crippen molar-refractivity contribution in [1.29, 1.82) is 0 Å². The summed E-state index contributed by atoms with van der Waals surface area (Å²) in [5, 5.41) is 8.79. The van der Waals surface area contributed by atoms with Gasteiger partial charge >= 0.3 is 0 Å². The number of aryl methyl sites for hydroxylation is 1. The van der Waals surface area contributed by atoms with Gasteiger partial charge in [-0.3, -0.25) is 9.59 Å². The predicted octanol–water partition coefficient (Wildman–Crippen LogP) is 3.82. The average molecular weight is 282 g/mol. The van der Waals surface area contributed by atoms with Crippen LogP contribution in [0.15, 0.2) is 61.2 Å². The molecule has 0 amide bonds. The Kier molecular flexibility index (Phi) is 7.22. The van der Waals surface area contributed by atoms with Gasteiger partial charge in [0.2, 0.25) is 0 Å². The van der Waals surface area contributed by atoms with Gasteiger partial charge in [0.15, 0.2) is 0 Å². The van der Waals surface area contributed by atoms with Crippen LogP contribution in [0.3, 0.4) is 0 Å². The van der Waals surface area contributed by atoms with Gasteiger partial charge in [-0.2, -0.15) is 0 Å². The van der Waals surface area contributed by atoms with Crippen molar-refractivity contribution in [3.63, 3.8) is 0 Å². The molecule has 0 aliphatic rings. The fourth-order valence-corrected chi connectivity index (χ4v) is 1.69. The molecule has 0 radical (unpaired) electrons. The number of aldehydes is 2. The van der Waals surface area contributed by atoms with Crippen molar-refractivity contribution in [1.82, 2.24) is 0 Å². The first-order chi connectivity index (χ1) is 10.2. The summed E-state index contributed by atoms with van der Waals surface area (Å²) in [6.45, 7) is 3.65. The van der Waals surface area contributed by atoms with Gasteiger partial charge in [0.05, 0.1) is 0 Å². The zero-order valence-electron chi connectivity index (χ0n) is 11.7. The molecule has 0 bridgehead atoms. The highest BCUT2D eigenvalue weighted by Crippen LogP contribution is 2.08. The minimum atomic E-state index is 0.125. The van der Waals surface area contributed by atoms with Crippen molar-refractivity contribution in [2.24, 2.45) is 0 Å². The Hall–Kier alpha value is -2.68. The molecule has 0 aliphatic carbocycles. The van der Waals surface area contributed by atoms with Crippen molar-refractivity contribution in [3.8, 4) is 5.75 Å². The number of hydrogen-bond acceptors (Lipinski definition) is 3. The maximum absolute atomic E-state index is 10.4. The Morgan fingerprint density at radius 1 is 0.952 bits per heavy atom. The van der Waals surface area contributed by atoms with Crippen LogP contribution >= 0.6 is 0 Å². The number of phenols is 1. The Morgan fingerprint density at radius 2 is 1.57 bits per heavy atom. The van der Waals surface area contributed by atoms with Gasteiger partial charge in [0.1, 0.15) is 18.3 Å².